The number of nitrogens with zero attached hydrogens (tertiary/aromatic N) is 2. The topological polar surface area (TPSA) is 68.7 Å². The van der Waals surface area contributed by atoms with Crippen molar-refractivity contribution in [1.29, 1.82) is 0 Å². The van der Waals surface area contributed by atoms with Gasteiger partial charge in [0, 0.05) is 11.9 Å². The second-order valence-electron chi connectivity index (χ2n) is 5.05. The Labute approximate surface area is 150 Å². The van der Waals surface area contributed by atoms with E-state index >= 15 is 0 Å². The summed E-state index contributed by atoms with van der Waals surface area (Å²) in [5.41, 5.74) is 0.181. The molecule has 1 aromatic heterocycles. The van der Waals surface area contributed by atoms with Gasteiger partial charge in [-0.05, 0) is 26.0 Å². The quantitative estimate of drug-likeness (QED) is 0.534. The van der Waals surface area contributed by atoms with E-state index in [4.69, 9.17) is 9.47 Å². The minimum atomic E-state index is -0.711. The highest BCUT2D eigenvalue weighted by Gasteiger charge is 2.26. The van der Waals surface area contributed by atoms with Crippen molar-refractivity contribution >= 4 is 28.3 Å². The summed E-state index contributed by atoms with van der Waals surface area (Å²) in [4.78, 5) is 30.1. The number of ether oxygens (including phenoxy) is 2. The molecule has 0 N–H and O–H groups in total. The van der Waals surface area contributed by atoms with E-state index in [1.807, 2.05) is 18.2 Å². The van der Waals surface area contributed by atoms with E-state index in [1.165, 1.54) is 16.2 Å². The smallest absolute Gasteiger partial charge is 0.357 e. The third-order valence-electron chi connectivity index (χ3n) is 3.19. The van der Waals surface area contributed by atoms with Crippen LogP contribution in [0.25, 0.3) is 0 Å². The monoisotopic (exact) mass is 360 g/mol. The van der Waals surface area contributed by atoms with Crippen LogP contribution < -0.4 is 9.64 Å². The lowest BCUT2D eigenvalue weighted by Gasteiger charge is -2.22. The normalized spacial score (nSPS) is 11.4. The first-order chi connectivity index (χ1) is 12.1. The molecule has 0 aliphatic carbocycles. The summed E-state index contributed by atoms with van der Waals surface area (Å²) in [7, 11) is 0. The van der Waals surface area contributed by atoms with Crippen molar-refractivity contribution in [2.75, 3.05) is 18.1 Å². The third-order valence-corrected chi connectivity index (χ3v) is 4.05. The molecule has 0 aliphatic heterocycles. The summed E-state index contributed by atoms with van der Waals surface area (Å²) in [6.07, 6.45) is 0.885. The number of benzene rings is 1. The van der Waals surface area contributed by atoms with Crippen LogP contribution >= 0.6 is 11.3 Å². The second-order valence-corrected chi connectivity index (χ2v) is 5.88. The molecular formula is C18H20N2O4S. The Morgan fingerprint density at radius 1 is 1.36 bits per heavy atom. The summed E-state index contributed by atoms with van der Waals surface area (Å²) in [6, 6.07) is 9.10. The lowest BCUT2D eigenvalue weighted by molar-refractivity contribution is -0.124. The summed E-state index contributed by atoms with van der Waals surface area (Å²) in [6.45, 7) is 7.60. The van der Waals surface area contributed by atoms with Gasteiger partial charge in [0.05, 0.1) is 6.61 Å². The fourth-order valence-electron chi connectivity index (χ4n) is 2.05. The Balaban J connectivity index is 2.15. The Hall–Kier alpha value is -2.67. The first-order valence-corrected chi connectivity index (χ1v) is 8.71. The number of thiazole rings is 1. The predicted molar refractivity (Wildman–Crippen MR) is 97.2 cm³/mol. The van der Waals surface area contributed by atoms with Crippen LogP contribution in [0.5, 0.6) is 5.75 Å². The van der Waals surface area contributed by atoms with Crippen molar-refractivity contribution in [3.8, 4) is 5.75 Å². The number of carbonyl (C=O) groups excluding carboxylic acids is 2. The maximum Gasteiger partial charge on any atom is 0.357 e. The number of para-hydroxylation sites is 1. The van der Waals surface area contributed by atoms with Gasteiger partial charge < -0.3 is 9.47 Å². The summed E-state index contributed by atoms with van der Waals surface area (Å²) < 4.78 is 10.6. The minimum Gasteiger partial charge on any atom is -0.481 e. The number of hydrogen-bond donors (Lipinski definition) is 0. The zero-order valence-corrected chi connectivity index (χ0v) is 15.0. The molecule has 1 heterocycles. The molecule has 0 aliphatic rings. The molecule has 2 rings (SSSR count). The van der Waals surface area contributed by atoms with Gasteiger partial charge in [0.2, 0.25) is 0 Å². The van der Waals surface area contributed by atoms with Crippen LogP contribution in [0.4, 0.5) is 5.13 Å². The van der Waals surface area contributed by atoms with E-state index in [-0.39, 0.29) is 24.8 Å². The maximum absolute atomic E-state index is 12.7. The number of esters is 1. The van der Waals surface area contributed by atoms with E-state index in [2.05, 4.69) is 11.6 Å². The van der Waals surface area contributed by atoms with Crippen molar-refractivity contribution in [3.05, 3.63) is 54.1 Å². The predicted octanol–water partition coefficient (Wildman–Crippen LogP) is 3.31. The van der Waals surface area contributed by atoms with E-state index < -0.39 is 12.1 Å². The molecule has 1 atom stereocenters. The molecule has 1 unspecified atom stereocenters. The van der Waals surface area contributed by atoms with Crippen molar-refractivity contribution < 1.29 is 19.1 Å². The second kappa shape index (κ2) is 8.98. The number of rotatable bonds is 8. The van der Waals surface area contributed by atoms with E-state index in [9.17, 15) is 9.59 Å². The Morgan fingerprint density at radius 2 is 2.08 bits per heavy atom. The van der Waals surface area contributed by atoms with Crippen molar-refractivity contribution in [2.24, 2.45) is 0 Å². The van der Waals surface area contributed by atoms with Gasteiger partial charge in [0.25, 0.3) is 5.91 Å². The molecule has 0 saturated heterocycles. The average Bonchev–Trinajstić information content (AvgIpc) is 3.10. The maximum atomic E-state index is 12.7. The summed E-state index contributed by atoms with van der Waals surface area (Å²) >= 11 is 1.19. The van der Waals surface area contributed by atoms with Gasteiger partial charge in [-0.1, -0.05) is 24.3 Å². The number of amides is 1. The molecule has 2 aromatic rings. The average molecular weight is 360 g/mol. The van der Waals surface area contributed by atoms with Gasteiger partial charge >= 0.3 is 5.97 Å². The molecule has 0 saturated carbocycles. The molecule has 1 amide bonds. The number of aromatic nitrogens is 1. The van der Waals surface area contributed by atoms with E-state index in [1.54, 1.807) is 37.4 Å². The van der Waals surface area contributed by atoms with Crippen LogP contribution in [0.3, 0.4) is 0 Å². The molecule has 0 radical (unpaired) electrons. The zero-order chi connectivity index (χ0) is 18.2. The van der Waals surface area contributed by atoms with Crippen molar-refractivity contribution in [2.45, 2.75) is 20.0 Å². The van der Waals surface area contributed by atoms with E-state index in [0.29, 0.717) is 10.9 Å². The zero-order valence-electron chi connectivity index (χ0n) is 14.2. The Kier molecular flexibility index (Phi) is 6.71. The molecule has 6 nitrogen and oxygen atoms in total. The summed E-state index contributed by atoms with van der Waals surface area (Å²) in [5.74, 6) is -0.175. The van der Waals surface area contributed by atoms with Crippen molar-refractivity contribution in [1.82, 2.24) is 4.98 Å². The lowest BCUT2D eigenvalue weighted by Crippen LogP contribution is -2.40. The van der Waals surface area contributed by atoms with Crippen LogP contribution in [0.1, 0.15) is 24.3 Å². The number of anilines is 1. The highest BCUT2D eigenvalue weighted by molar-refractivity contribution is 7.14. The highest BCUT2D eigenvalue weighted by Crippen LogP contribution is 2.23. The SMILES string of the molecule is C=CCN(C(=O)C(C)Oc1ccccc1)c1nc(C(=O)OCC)cs1. The van der Waals surface area contributed by atoms with Crippen LogP contribution in [0.15, 0.2) is 48.4 Å². The van der Waals surface area contributed by atoms with E-state index in [0.717, 1.165) is 0 Å². The molecule has 7 heteroatoms. The molecule has 0 bridgehead atoms. The van der Waals surface area contributed by atoms with Crippen LogP contribution in [-0.4, -0.2) is 36.1 Å². The largest absolute Gasteiger partial charge is 0.481 e. The lowest BCUT2D eigenvalue weighted by atomic mass is 10.3. The highest BCUT2D eigenvalue weighted by atomic mass is 32.1. The molecule has 25 heavy (non-hydrogen) atoms. The first kappa shape index (κ1) is 18.7. The standard InChI is InChI=1S/C18H20N2O4S/c1-4-11-20(18-19-15(12-25-18)17(22)23-5-2)16(21)13(3)24-14-9-7-6-8-10-14/h4,6-10,12-13H,1,5,11H2,2-3H3. The molecule has 0 spiro atoms. The molecule has 132 valence electrons. The number of carbonyl (C=O) groups is 2. The van der Waals surface area contributed by atoms with Gasteiger partial charge in [-0.25, -0.2) is 9.78 Å². The van der Waals surface area contributed by atoms with Gasteiger partial charge in [0.1, 0.15) is 5.75 Å². The molecule has 1 aromatic carbocycles. The van der Waals surface area contributed by atoms with Gasteiger partial charge in [-0.15, -0.1) is 17.9 Å². The fraction of sp³-hybridized carbons (Fsp3) is 0.278. The fourth-order valence-corrected chi connectivity index (χ4v) is 2.86. The third kappa shape index (κ3) is 4.90. The summed E-state index contributed by atoms with van der Waals surface area (Å²) in [5, 5.41) is 1.97. The molecule has 0 fully saturated rings. The Bertz CT molecular complexity index is 730. The first-order valence-electron chi connectivity index (χ1n) is 7.83. The van der Waals surface area contributed by atoms with Gasteiger partial charge in [-0.3, -0.25) is 9.69 Å². The molecular weight excluding hydrogens is 340 g/mol. The Morgan fingerprint density at radius 3 is 2.72 bits per heavy atom. The van der Waals surface area contributed by atoms with Crippen LogP contribution in [-0.2, 0) is 9.53 Å². The van der Waals surface area contributed by atoms with Crippen LogP contribution in [0.2, 0.25) is 0 Å². The number of hydrogen-bond acceptors (Lipinski definition) is 6. The van der Waals surface area contributed by atoms with Gasteiger partial charge in [-0.2, -0.15) is 0 Å². The van der Waals surface area contributed by atoms with Gasteiger partial charge in [0.15, 0.2) is 16.9 Å². The minimum absolute atomic E-state index is 0.181. The van der Waals surface area contributed by atoms with Crippen molar-refractivity contribution in [3.63, 3.8) is 0 Å². The van der Waals surface area contributed by atoms with Crippen LogP contribution in [0, 0.1) is 0 Å².